The lowest BCUT2D eigenvalue weighted by molar-refractivity contribution is 0.306. The van der Waals surface area contributed by atoms with E-state index in [9.17, 15) is 22.5 Å². The zero-order valence-electron chi connectivity index (χ0n) is 18.0. The van der Waals surface area contributed by atoms with Crippen LogP contribution < -0.4 is 4.74 Å². The molecule has 3 aromatic carbocycles. The number of aromatic nitrogens is 1. The second kappa shape index (κ2) is 9.41. The molecule has 0 fully saturated rings. The summed E-state index contributed by atoms with van der Waals surface area (Å²) in [6.07, 6.45) is 4.02. The Kier molecular flexibility index (Phi) is 6.39. The van der Waals surface area contributed by atoms with Gasteiger partial charge in [0.1, 0.15) is 30.1 Å². The summed E-state index contributed by atoms with van der Waals surface area (Å²) in [7, 11) is -3.64. The van der Waals surface area contributed by atoms with Gasteiger partial charge in [-0.2, -0.15) is 5.26 Å². The molecule has 170 valence electrons. The Labute approximate surface area is 195 Å². The van der Waals surface area contributed by atoms with Crippen LogP contribution in [-0.2, 0) is 16.4 Å². The highest BCUT2D eigenvalue weighted by molar-refractivity contribution is 7.90. The van der Waals surface area contributed by atoms with E-state index in [0.717, 1.165) is 6.26 Å². The van der Waals surface area contributed by atoms with Crippen molar-refractivity contribution in [3.8, 4) is 34.1 Å². The van der Waals surface area contributed by atoms with Gasteiger partial charge in [-0.3, -0.25) is 4.98 Å². The monoisotopic (exact) mass is 476 g/mol. The summed E-state index contributed by atoms with van der Waals surface area (Å²) < 4.78 is 57.9. The molecule has 4 rings (SSSR count). The number of halogens is 2. The molecule has 5 nitrogen and oxygen atoms in total. The molecule has 4 aromatic rings. The zero-order chi connectivity index (χ0) is 24.3. The van der Waals surface area contributed by atoms with Gasteiger partial charge in [-0.25, -0.2) is 17.2 Å². The van der Waals surface area contributed by atoms with Gasteiger partial charge in [-0.05, 0) is 59.2 Å². The average Bonchev–Trinajstić information content (AvgIpc) is 2.83. The van der Waals surface area contributed by atoms with Crippen molar-refractivity contribution in [3.63, 3.8) is 0 Å². The Hall–Kier alpha value is -4.09. The van der Waals surface area contributed by atoms with Crippen molar-refractivity contribution >= 4 is 9.84 Å². The molecule has 0 saturated heterocycles. The number of hydrogen-bond acceptors (Lipinski definition) is 5. The fourth-order valence-corrected chi connectivity index (χ4v) is 4.11. The van der Waals surface area contributed by atoms with Gasteiger partial charge in [0.05, 0.1) is 10.5 Å². The summed E-state index contributed by atoms with van der Waals surface area (Å²) in [5.41, 5.74) is 3.01. The molecular formula is C26H18F2N2O3S. The highest BCUT2D eigenvalue weighted by atomic mass is 32.2. The van der Waals surface area contributed by atoms with Crippen molar-refractivity contribution in [2.24, 2.45) is 0 Å². The van der Waals surface area contributed by atoms with E-state index in [4.69, 9.17) is 4.74 Å². The molecule has 0 spiro atoms. The Balaban J connectivity index is 1.95. The lowest BCUT2D eigenvalue weighted by Gasteiger charge is -2.18. The molecule has 0 atom stereocenters. The van der Waals surface area contributed by atoms with Crippen LogP contribution in [0.4, 0.5) is 8.78 Å². The molecule has 0 aliphatic carbocycles. The van der Waals surface area contributed by atoms with Crippen LogP contribution in [-0.4, -0.2) is 19.7 Å². The molecular weight excluding hydrogens is 458 g/mol. The first-order chi connectivity index (χ1) is 16.2. The van der Waals surface area contributed by atoms with Crippen molar-refractivity contribution in [2.75, 3.05) is 6.26 Å². The molecule has 0 N–H and O–H groups in total. The van der Waals surface area contributed by atoms with Crippen molar-refractivity contribution in [1.29, 1.82) is 5.26 Å². The number of pyridine rings is 1. The first-order valence-corrected chi connectivity index (χ1v) is 12.0. The maximum atomic E-state index is 13.6. The number of nitrogens with zero attached hydrogens (tertiary/aromatic N) is 2. The van der Waals surface area contributed by atoms with Crippen molar-refractivity contribution in [2.45, 2.75) is 11.5 Å². The third-order valence-electron chi connectivity index (χ3n) is 5.12. The Morgan fingerprint density at radius 3 is 2.18 bits per heavy atom. The molecule has 0 radical (unpaired) electrons. The molecule has 34 heavy (non-hydrogen) atoms. The minimum atomic E-state index is -3.64. The minimum Gasteiger partial charge on any atom is -0.488 e. The summed E-state index contributed by atoms with van der Waals surface area (Å²) in [6.45, 7) is 0.0364. The first kappa shape index (κ1) is 23.1. The van der Waals surface area contributed by atoms with E-state index < -0.39 is 15.7 Å². The van der Waals surface area contributed by atoms with Crippen LogP contribution in [0.1, 0.15) is 11.1 Å². The summed E-state index contributed by atoms with van der Waals surface area (Å²) in [6, 6.07) is 17.9. The molecule has 8 heteroatoms. The standard InChI is InChI=1S/C26H18F2N2O3S/c1-34(31,32)23-11-24(19-4-8-22(28)9-5-19)26(20-10-18(13-29)14-30-15-20)25(12-23)33-16-17-2-6-21(27)7-3-17/h2-12,14-15H,16H2,1H3. The van der Waals surface area contributed by atoms with Crippen LogP contribution in [0.15, 0.2) is 84.0 Å². The molecule has 1 heterocycles. The number of hydrogen-bond donors (Lipinski definition) is 0. The smallest absolute Gasteiger partial charge is 0.175 e. The number of sulfone groups is 1. The van der Waals surface area contributed by atoms with E-state index in [-0.39, 0.29) is 23.1 Å². The van der Waals surface area contributed by atoms with E-state index >= 15 is 0 Å². The second-order valence-electron chi connectivity index (χ2n) is 7.61. The highest BCUT2D eigenvalue weighted by Gasteiger charge is 2.20. The van der Waals surface area contributed by atoms with Gasteiger partial charge >= 0.3 is 0 Å². The largest absolute Gasteiger partial charge is 0.488 e. The summed E-state index contributed by atoms with van der Waals surface area (Å²) in [5.74, 6) is -0.601. The van der Waals surface area contributed by atoms with Crippen LogP contribution >= 0.6 is 0 Å². The Morgan fingerprint density at radius 1 is 0.912 bits per heavy atom. The third-order valence-corrected chi connectivity index (χ3v) is 6.21. The molecule has 0 bridgehead atoms. The van der Waals surface area contributed by atoms with Crippen LogP contribution in [0.5, 0.6) is 5.75 Å². The van der Waals surface area contributed by atoms with Crippen LogP contribution in [0, 0.1) is 23.0 Å². The van der Waals surface area contributed by atoms with Crippen molar-refractivity contribution < 1.29 is 21.9 Å². The fourth-order valence-electron chi connectivity index (χ4n) is 3.45. The molecule has 0 aliphatic rings. The van der Waals surface area contributed by atoms with E-state index in [1.165, 1.54) is 60.9 Å². The maximum Gasteiger partial charge on any atom is 0.175 e. The zero-order valence-corrected chi connectivity index (χ0v) is 18.8. The minimum absolute atomic E-state index is 0.00841. The lowest BCUT2D eigenvalue weighted by Crippen LogP contribution is -2.03. The fraction of sp³-hybridized carbons (Fsp3) is 0.0769. The Bertz CT molecular complexity index is 1500. The van der Waals surface area contributed by atoms with Crippen molar-refractivity contribution in [1.82, 2.24) is 4.98 Å². The predicted molar refractivity (Wildman–Crippen MR) is 124 cm³/mol. The van der Waals surface area contributed by atoms with Gasteiger partial charge < -0.3 is 4.74 Å². The van der Waals surface area contributed by atoms with E-state index in [2.05, 4.69) is 4.98 Å². The lowest BCUT2D eigenvalue weighted by atomic mass is 9.94. The topological polar surface area (TPSA) is 80.1 Å². The molecule has 0 aliphatic heterocycles. The van der Waals surface area contributed by atoms with Crippen molar-refractivity contribution in [3.05, 3.63) is 102 Å². The number of rotatable bonds is 6. The SMILES string of the molecule is CS(=O)(=O)c1cc(OCc2ccc(F)cc2)c(-c2cncc(C#N)c2)c(-c2ccc(F)cc2)c1. The predicted octanol–water partition coefficient (Wildman–Crippen LogP) is 5.55. The molecule has 0 saturated carbocycles. The van der Waals surface area contributed by atoms with Gasteiger partial charge in [-0.1, -0.05) is 24.3 Å². The van der Waals surface area contributed by atoms with Gasteiger partial charge in [0.15, 0.2) is 9.84 Å². The summed E-state index contributed by atoms with van der Waals surface area (Å²) in [5, 5.41) is 9.35. The van der Waals surface area contributed by atoms with E-state index in [1.807, 2.05) is 6.07 Å². The van der Waals surface area contributed by atoms with Gasteiger partial charge in [0.25, 0.3) is 0 Å². The third kappa shape index (κ3) is 5.11. The Morgan fingerprint density at radius 2 is 1.56 bits per heavy atom. The highest BCUT2D eigenvalue weighted by Crippen LogP contribution is 2.42. The quantitative estimate of drug-likeness (QED) is 0.365. The summed E-state index contributed by atoms with van der Waals surface area (Å²) >= 11 is 0. The number of ether oxygens (including phenoxy) is 1. The normalized spacial score (nSPS) is 11.1. The first-order valence-electron chi connectivity index (χ1n) is 10.1. The molecule has 1 aromatic heterocycles. The summed E-state index contributed by atoms with van der Waals surface area (Å²) in [4.78, 5) is 4.13. The molecule has 0 unspecified atom stereocenters. The number of nitriles is 1. The van der Waals surface area contributed by atoms with Gasteiger partial charge in [0, 0.05) is 29.8 Å². The average molecular weight is 477 g/mol. The van der Waals surface area contributed by atoms with Gasteiger partial charge in [0.2, 0.25) is 0 Å². The number of benzene rings is 3. The van der Waals surface area contributed by atoms with Crippen LogP contribution in [0.3, 0.4) is 0 Å². The van der Waals surface area contributed by atoms with E-state index in [0.29, 0.717) is 33.4 Å². The molecule has 0 amide bonds. The van der Waals surface area contributed by atoms with Gasteiger partial charge in [-0.15, -0.1) is 0 Å². The van der Waals surface area contributed by atoms with Crippen LogP contribution in [0.25, 0.3) is 22.3 Å². The van der Waals surface area contributed by atoms with E-state index in [1.54, 1.807) is 18.2 Å². The van der Waals surface area contributed by atoms with Crippen LogP contribution in [0.2, 0.25) is 0 Å². The maximum absolute atomic E-state index is 13.6. The second-order valence-corrected chi connectivity index (χ2v) is 9.63.